The first-order valence-corrected chi connectivity index (χ1v) is 4.65. The number of hydrogen-bond donors (Lipinski definition) is 1. The number of rotatable bonds is 3. The molecule has 1 aliphatic carbocycles. The number of halogens is 1. The molecule has 1 saturated carbocycles. The number of carboxylic acid groups (broad SMARTS) is 1. The summed E-state index contributed by atoms with van der Waals surface area (Å²) in [6.45, 7) is 0. The summed E-state index contributed by atoms with van der Waals surface area (Å²) in [6.07, 6.45) is 0.640. The number of benzene rings is 1. The van der Waals surface area contributed by atoms with Gasteiger partial charge in [0.2, 0.25) is 0 Å². The molecule has 0 saturated heterocycles. The summed E-state index contributed by atoms with van der Waals surface area (Å²) in [5.41, 5.74) is -1.63. The zero-order valence-corrected chi connectivity index (χ0v) is 8.14. The van der Waals surface area contributed by atoms with Crippen molar-refractivity contribution in [3.63, 3.8) is 0 Å². The van der Waals surface area contributed by atoms with Gasteiger partial charge in [-0.1, -0.05) is 0 Å². The Morgan fingerprint density at radius 1 is 1.50 bits per heavy atom. The fourth-order valence-corrected chi connectivity index (χ4v) is 1.72. The highest BCUT2D eigenvalue weighted by Gasteiger charge is 2.53. The molecule has 0 radical (unpaired) electrons. The minimum atomic E-state index is -1.25. The van der Waals surface area contributed by atoms with Crippen LogP contribution >= 0.6 is 0 Å². The highest BCUT2D eigenvalue weighted by Crippen LogP contribution is 2.49. The van der Waals surface area contributed by atoms with Gasteiger partial charge in [-0.05, 0) is 18.9 Å². The molecule has 1 aromatic rings. The van der Waals surface area contributed by atoms with E-state index < -0.39 is 22.1 Å². The first-order chi connectivity index (χ1) is 7.47. The number of nitro benzene ring substituents is 1. The van der Waals surface area contributed by atoms with Crippen LogP contribution in [0, 0.1) is 15.9 Å². The van der Waals surface area contributed by atoms with Crippen molar-refractivity contribution in [3.8, 4) is 0 Å². The van der Waals surface area contributed by atoms with Crippen LogP contribution in [0.3, 0.4) is 0 Å². The fourth-order valence-electron chi connectivity index (χ4n) is 1.72. The van der Waals surface area contributed by atoms with Crippen LogP contribution in [0.1, 0.15) is 18.4 Å². The molecule has 2 rings (SSSR count). The van der Waals surface area contributed by atoms with Crippen molar-refractivity contribution in [2.75, 3.05) is 0 Å². The van der Waals surface area contributed by atoms with Gasteiger partial charge in [0.25, 0.3) is 5.69 Å². The van der Waals surface area contributed by atoms with Crippen molar-refractivity contribution >= 4 is 11.7 Å². The van der Waals surface area contributed by atoms with Crippen molar-refractivity contribution < 1.29 is 19.2 Å². The highest BCUT2D eigenvalue weighted by molar-refractivity contribution is 5.85. The van der Waals surface area contributed by atoms with Gasteiger partial charge in [0.1, 0.15) is 5.82 Å². The Morgan fingerprint density at radius 2 is 2.12 bits per heavy atom. The molecule has 5 nitrogen and oxygen atoms in total. The lowest BCUT2D eigenvalue weighted by molar-refractivity contribution is -0.385. The molecule has 0 aliphatic heterocycles. The van der Waals surface area contributed by atoms with E-state index in [1.807, 2.05) is 0 Å². The van der Waals surface area contributed by atoms with Gasteiger partial charge in [-0.15, -0.1) is 0 Å². The van der Waals surface area contributed by atoms with Crippen molar-refractivity contribution in [2.45, 2.75) is 18.3 Å². The first kappa shape index (κ1) is 10.5. The van der Waals surface area contributed by atoms with Gasteiger partial charge in [0.05, 0.1) is 10.3 Å². The summed E-state index contributed by atoms with van der Waals surface area (Å²) in [6, 6.07) is 2.98. The standard InChI is InChI=1S/C10H8FNO4/c11-8-2-1-6(12(15)16)5-7(8)10(3-4-10)9(13)14/h1-2,5H,3-4H2,(H,13,14). The van der Waals surface area contributed by atoms with Gasteiger partial charge in [0, 0.05) is 17.7 Å². The molecule has 0 spiro atoms. The lowest BCUT2D eigenvalue weighted by Gasteiger charge is -2.10. The van der Waals surface area contributed by atoms with Crippen LogP contribution in [0.15, 0.2) is 18.2 Å². The maximum absolute atomic E-state index is 13.4. The molecule has 0 amide bonds. The summed E-state index contributed by atoms with van der Waals surface area (Å²) < 4.78 is 13.4. The third-order valence-electron chi connectivity index (χ3n) is 2.84. The average molecular weight is 225 g/mol. The van der Waals surface area contributed by atoms with Gasteiger partial charge in [-0.2, -0.15) is 0 Å². The van der Waals surface area contributed by atoms with Crippen LogP contribution in [-0.4, -0.2) is 16.0 Å². The van der Waals surface area contributed by atoms with Gasteiger partial charge in [-0.25, -0.2) is 4.39 Å². The normalized spacial score (nSPS) is 16.8. The van der Waals surface area contributed by atoms with Crippen LogP contribution in [0.5, 0.6) is 0 Å². The van der Waals surface area contributed by atoms with E-state index in [0.717, 1.165) is 18.2 Å². The van der Waals surface area contributed by atoms with Crippen molar-refractivity contribution in [1.82, 2.24) is 0 Å². The predicted octanol–water partition coefficient (Wildman–Crippen LogP) is 1.85. The second-order valence-corrected chi connectivity index (χ2v) is 3.81. The molecule has 16 heavy (non-hydrogen) atoms. The van der Waals surface area contributed by atoms with E-state index >= 15 is 0 Å². The van der Waals surface area contributed by atoms with Gasteiger partial charge in [-0.3, -0.25) is 14.9 Å². The van der Waals surface area contributed by atoms with Crippen LogP contribution < -0.4 is 0 Å². The number of non-ortho nitro benzene ring substituents is 1. The summed E-state index contributed by atoms with van der Waals surface area (Å²) in [7, 11) is 0. The number of hydrogen-bond acceptors (Lipinski definition) is 3. The van der Waals surface area contributed by atoms with Crippen LogP contribution in [0.25, 0.3) is 0 Å². The van der Waals surface area contributed by atoms with Crippen LogP contribution in [-0.2, 0) is 10.2 Å². The lowest BCUT2D eigenvalue weighted by Crippen LogP contribution is -2.21. The smallest absolute Gasteiger partial charge is 0.314 e. The van der Waals surface area contributed by atoms with Crippen LogP contribution in [0.4, 0.5) is 10.1 Å². The Kier molecular flexibility index (Phi) is 2.15. The Hall–Kier alpha value is -1.98. The number of nitro groups is 1. The van der Waals surface area contributed by atoms with Crippen LogP contribution in [0.2, 0.25) is 0 Å². The molecule has 1 N–H and O–H groups in total. The molecule has 84 valence electrons. The molecule has 0 unspecified atom stereocenters. The Balaban J connectivity index is 2.52. The summed E-state index contributed by atoms with van der Waals surface area (Å²) >= 11 is 0. The SMILES string of the molecule is O=C(O)C1(c2cc([N+](=O)[O-])ccc2F)CC1. The maximum atomic E-state index is 13.4. The Labute approximate surface area is 89.7 Å². The number of aliphatic carboxylic acids is 1. The summed E-state index contributed by atoms with van der Waals surface area (Å²) in [5, 5.41) is 19.5. The number of carboxylic acids is 1. The molecule has 6 heteroatoms. The first-order valence-electron chi connectivity index (χ1n) is 4.65. The summed E-state index contributed by atoms with van der Waals surface area (Å²) in [4.78, 5) is 20.8. The molecular formula is C10H8FNO4. The number of nitrogens with zero attached hydrogens (tertiary/aromatic N) is 1. The third-order valence-corrected chi connectivity index (χ3v) is 2.84. The molecule has 0 aromatic heterocycles. The molecule has 0 bridgehead atoms. The Morgan fingerprint density at radius 3 is 2.56 bits per heavy atom. The van der Waals surface area contributed by atoms with Gasteiger partial charge < -0.3 is 5.11 Å². The van der Waals surface area contributed by atoms with E-state index in [1.165, 1.54) is 0 Å². The average Bonchev–Trinajstić information content (AvgIpc) is 2.98. The van der Waals surface area contributed by atoms with Crippen molar-refractivity contribution in [3.05, 3.63) is 39.7 Å². The van der Waals surface area contributed by atoms with E-state index in [2.05, 4.69) is 0 Å². The second kappa shape index (κ2) is 3.26. The monoisotopic (exact) mass is 225 g/mol. The molecule has 1 aromatic carbocycles. The third kappa shape index (κ3) is 1.42. The van der Waals surface area contributed by atoms with Crippen molar-refractivity contribution in [2.24, 2.45) is 0 Å². The van der Waals surface area contributed by atoms with E-state index in [4.69, 9.17) is 5.11 Å². The van der Waals surface area contributed by atoms with Gasteiger partial charge in [0.15, 0.2) is 0 Å². The second-order valence-electron chi connectivity index (χ2n) is 3.81. The zero-order valence-electron chi connectivity index (χ0n) is 8.14. The Bertz CT molecular complexity index is 482. The summed E-state index contributed by atoms with van der Waals surface area (Å²) in [5.74, 6) is -1.84. The fraction of sp³-hybridized carbons (Fsp3) is 0.300. The molecule has 1 fully saturated rings. The largest absolute Gasteiger partial charge is 0.481 e. The lowest BCUT2D eigenvalue weighted by atomic mass is 9.95. The number of carbonyl (C=O) groups is 1. The van der Waals surface area contributed by atoms with E-state index in [9.17, 15) is 19.3 Å². The van der Waals surface area contributed by atoms with E-state index in [0.29, 0.717) is 12.8 Å². The zero-order chi connectivity index (χ0) is 11.9. The minimum absolute atomic E-state index is 0.0887. The topological polar surface area (TPSA) is 80.4 Å². The van der Waals surface area contributed by atoms with E-state index in [1.54, 1.807) is 0 Å². The van der Waals surface area contributed by atoms with E-state index in [-0.39, 0.29) is 11.3 Å². The molecule has 0 heterocycles. The van der Waals surface area contributed by atoms with Crippen molar-refractivity contribution in [1.29, 1.82) is 0 Å². The molecule has 0 atom stereocenters. The predicted molar refractivity (Wildman–Crippen MR) is 51.6 cm³/mol. The minimum Gasteiger partial charge on any atom is -0.481 e. The molecule has 1 aliphatic rings. The maximum Gasteiger partial charge on any atom is 0.314 e. The quantitative estimate of drug-likeness (QED) is 0.628. The highest BCUT2D eigenvalue weighted by atomic mass is 19.1. The molecular weight excluding hydrogens is 217 g/mol. The van der Waals surface area contributed by atoms with Gasteiger partial charge >= 0.3 is 5.97 Å².